The molecule has 24 heavy (non-hydrogen) atoms. The van der Waals surface area contributed by atoms with Gasteiger partial charge in [0.1, 0.15) is 6.54 Å². The molecule has 130 valence electrons. The Morgan fingerprint density at radius 1 is 1.25 bits per heavy atom. The van der Waals surface area contributed by atoms with Crippen molar-refractivity contribution in [1.29, 1.82) is 0 Å². The lowest BCUT2D eigenvalue weighted by molar-refractivity contribution is -0.134. The number of rotatable bonds is 5. The number of piperazine rings is 1. The highest BCUT2D eigenvalue weighted by Gasteiger charge is 2.45. The quantitative estimate of drug-likeness (QED) is 0.900. The van der Waals surface area contributed by atoms with Gasteiger partial charge in [-0.15, -0.1) is 0 Å². The van der Waals surface area contributed by atoms with Crippen molar-refractivity contribution in [3.05, 3.63) is 35.9 Å². The zero-order valence-corrected chi connectivity index (χ0v) is 14.6. The van der Waals surface area contributed by atoms with Crippen molar-refractivity contribution in [2.24, 2.45) is 11.3 Å². The highest BCUT2D eigenvalue weighted by atomic mass is 16.2. The minimum Gasteiger partial charge on any atom is -0.339 e. The van der Waals surface area contributed by atoms with E-state index in [9.17, 15) is 9.59 Å². The Balaban J connectivity index is 1.41. The van der Waals surface area contributed by atoms with E-state index >= 15 is 0 Å². The predicted molar refractivity (Wildman–Crippen MR) is 93.6 cm³/mol. The summed E-state index contributed by atoms with van der Waals surface area (Å²) in [6.07, 6.45) is 2.02. The molecule has 1 N–H and O–H groups in total. The SMILES string of the molecule is CC1(C)CC1CNC(=O)N1CCN(CCc2ccccc2)C(=O)C1. The molecule has 1 saturated carbocycles. The molecule has 2 fully saturated rings. The average Bonchev–Trinajstić information content (AvgIpc) is 3.19. The average molecular weight is 329 g/mol. The van der Waals surface area contributed by atoms with Gasteiger partial charge in [0.25, 0.3) is 0 Å². The molecule has 1 atom stereocenters. The summed E-state index contributed by atoms with van der Waals surface area (Å²) < 4.78 is 0. The van der Waals surface area contributed by atoms with Crippen LogP contribution in [-0.2, 0) is 11.2 Å². The third kappa shape index (κ3) is 4.08. The molecule has 1 aliphatic heterocycles. The van der Waals surface area contributed by atoms with E-state index in [0.29, 0.717) is 37.5 Å². The lowest BCUT2D eigenvalue weighted by Crippen LogP contribution is -2.55. The molecule has 0 bridgehead atoms. The molecule has 1 aromatic carbocycles. The Labute approximate surface area is 144 Å². The van der Waals surface area contributed by atoms with E-state index < -0.39 is 0 Å². The fourth-order valence-electron chi connectivity index (χ4n) is 3.27. The third-order valence-corrected chi connectivity index (χ3v) is 5.34. The smallest absolute Gasteiger partial charge is 0.317 e. The summed E-state index contributed by atoms with van der Waals surface area (Å²) in [7, 11) is 0. The van der Waals surface area contributed by atoms with Crippen molar-refractivity contribution in [2.75, 3.05) is 32.7 Å². The standard InChI is InChI=1S/C19H27N3O2/c1-19(2)12-16(19)13-20-18(24)22-11-10-21(17(23)14-22)9-8-15-6-4-3-5-7-15/h3-7,16H,8-14H2,1-2H3,(H,20,24). The molecular weight excluding hydrogens is 302 g/mol. The van der Waals surface area contributed by atoms with Crippen molar-refractivity contribution < 1.29 is 9.59 Å². The number of urea groups is 1. The predicted octanol–water partition coefficient (Wildman–Crippen LogP) is 2.13. The van der Waals surface area contributed by atoms with Crippen LogP contribution in [0, 0.1) is 11.3 Å². The summed E-state index contributed by atoms with van der Waals surface area (Å²) >= 11 is 0. The Morgan fingerprint density at radius 3 is 2.58 bits per heavy atom. The summed E-state index contributed by atoms with van der Waals surface area (Å²) in [4.78, 5) is 28.0. The third-order valence-electron chi connectivity index (χ3n) is 5.34. The minimum absolute atomic E-state index is 0.0408. The van der Waals surface area contributed by atoms with E-state index in [1.807, 2.05) is 23.1 Å². The molecule has 5 heteroatoms. The number of benzene rings is 1. The molecule has 1 aromatic rings. The fourth-order valence-corrected chi connectivity index (χ4v) is 3.27. The van der Waals surface area contributed by atoms with Gasteiger partial charge >= 0.3 is 6.03 Å². The molecule has 1 saturated heterocycles. The van der Waals surface area contributed by atoms with Crippen molar-refractivity contribution in [3.8, 4) is 0 Å². The van der Waals surface area contributed by atoms with Crippen LogP contribution >= 0.6 is 0 Å². The molecule has 0 aromatic heterocycles. The first-order chi connectivity index (χ1) is 11.5. The molecule has 2 aliphatic rings. The lowest BCUT2D eigenvalue weighted by atomic mass is 10.1. The van der Waals surface area contributed by atoms with Crippen molar-refractivity contribution in [3.63, 3.8) is 0 Å². The van der Waals surface area contributed by atoms with E-state index in [2.05, 4.69) is 31.3 Å². The van der Waals surface area contributed by atoms with E-state index in [4.69, 9.17) is 0 Å². The maximum atomic E-state index is 12.3. The summed E-state index contributed by atoms with van der Waals surface area (Å²) in [6, 6.07) is 10.1. The van der Waals surface area contributed by atoms with Crippen LogP contribution in [0.1, 0.15) is 25.8 Å². The number of hydrogen-bond acceptors (Lipinski definition) is 2. The normalized spacial score (nSPS) is 22.4. The maximum absolute atomic E-state index is 12.3. The second kappa shape index (κ2) is 6.83. The van der Waals surface area contributed by atoms with E-state index in [-0.39, 0.29) is 18.5 Å². The first kappa shape index (κ1) is 16.8. The number of hydrogen-bond donors (Lipinski definition) is 1. The largest absolute Gasteiger partial charge is 0.339 e. The Morgan fingerprint density at radius 2 is 1.96 bits per heavy atom. The molecule has 1 unspecified atom stereocenters. The van der Waals surface area contributed by atoms with Crippen LogP contribution in [0.15, 0.2) is 30.3 Å². The van der Waals surface area contributed by atoms with Gasteiger partial charge in [0.2, 0.25) is 5.91 Å². The molecule has 1 aliphatic carbocycles. The van der Waals surface area contributed by atoms with Crippen LogP contribution in [0.5, 0.6) is 0 Å². The summed E-state index contributed by atoms with van der Waals surface area (Å²) in [5.41, 5.74) is 1.59. The monoisotopic (exact) mass is 329 g/mol. The van der Waals surface area contributed by atoms with Gasteiger partial charge < -0.3 is 15.1 Å². The molecule has 5 nitrogen and oxygen atoms in total. The van der Waals surface area contributed by atoms with Gasteiger partial charge in [0.05, 0.1) is 0 Å². The summed E-state index contributed by atoms with van der Waals surface area (Å²) in [5, 5.41) is 2.98. The van der Waals surface area contributed by atoms with E-state index in [1.54, 1.807) is 4.90 Å². The lowest BCUT2D eigenvalue weighted by Gasteiger charge is -2.34. The van der Waals surface area contributed by atoms with Gasteiger partial charge in [-0.1, -0.05) is 44.2 Å². The Hall–Kier alpha value is -2.04. The van der Waals surface area contributed by atoms with Crippen LogP contribution in [0.2, 0.25) is 0 Å². The van der Waals surface area contributed by atoms with Gasteiger partial charge in [-0.3, -0.25) is 4.79 Å². The molecular formula is C19H27N3O2. The molecule has 0 spiro atoms. The Kier molecular flexibility index (Phi) is 4.78. The molecule has 3 amide bonds. The minimum atomic E-state index is -0.103. The fraction of sp³-hybridized carbons (Fsp3) is 0.579. The van der Waals surface area contributed by atoms with Crippen molar-refractivity contribution >= 4 is 11.9 Å². The molecule has 1 heterocycles. The van der Waals surface area contributed by atoms with Crippen LogP contribution in [0.3, 0.4) is 0 Å². The second-order valence-electron chi connectivity index (χ2n) is 7.61. The highest BCUT2D eigenvalue weighted by molar-refractivity contribution is 5.85. The van der Waals surface area contributed by atoms with E-state index in [0.717, 1.165) is 6.42 Å². The molecule has 0 radical (unpaired) electrons. The van der Waals surface area contributed by atoms with Gasteiger partial charge in [-0.05, 0) is 29.7 Å². The zero-order valence-electron chi connectivity index (χ0n) is 14.6. The van der Waals surface area contributed by atoms with Gasteiger partial charge in [-0.2, -0.15) is 0 Å². The number of amides is 3. The first-order valence-corrected chi connectivity index (χ1v) is 8.80. The van der Waals surface area contributed by atoms with Crippen LogP contribution < -0.4 is 5.32 Å². The van der Waals surface area contributed by atoms with E-state index in [1.165, 1.54) is 12.0 Å². The van der Waals surface area contributed by atoms with Crippen molar-refractivity contribution in [1.82, 2.24) is 15.1 Å². The van der Waals surface area contributed by atoms with Gasteiger partial charge in [0, 0.05) is 26.2 Å². The summed E-state index contributed by atoms with van der Waals surface area (Å²) in [5.74, 6) is 0.614. The topological polar surface area (TPSA) is 52.7 Å². The number of carbonyl (C=O) groups excluding carboxylic acids is 2. The van der Waals surface area contributed by atoms with Gasteiger partial charge in [-0.25, -0.2) is 4.79 Å². The van der Waals surface area contributed by atoms with Gasteiger partial charge in [0.15, 0.2) is 0 Å². The Bertz CT molecular complexity index is 600. The van der Waals surface area contributed by atoms with Crippen LogP contribution in [-0.4, -0.2) is 54.5 Å². The van der Waals surface area contributed by atoms with Crippen molar-refractivity contribution in [2.45, 2.75) is 26.7 Å². The number of nitrogens with one attached hydrogen (secondary N) is 1. The molecule has 3 rings (SSSR count). The zero-order chi connectivity index (χ0) is 17.2. The highest BCUT2D eigenvalue weighted by Crippen LogP contribution is 2.50. The van der Waals surface area contributed by atoms with Crippen LogP contribution in [0.4, 0.5) is 4.79 Å². The second-order valence-corrected chi connectivity index (χ2v) is 7.61. The summed E-state index contributed by atoms with van der Waals surface area (Å²) in [6.45, 7) is 7.30. The number of carbonyl (C=O) groups is 2. The van der Waals surface area contributed by atoms with Crippen LogP contribution in [0.25, 0.3) is 0 Å². The maximum Gasteiger partial charge on any atom is 0.317 e. The first-order valence-electron chi connectivity index (χ1n) is 8.80. The number of nitrogens with zero attached hydrogens (tertiary/aromatic N) is 2.